The average Bonchev–Trinajstić information content (AvgIpc) is 2.44. The molecule has 0 spiro atoms. The SMILES string of the molecule is CCCNCc1cnc(N(CC)CCCN(C)C)c(C)c1. The Morgan fingerprint density at radius 2 is 1.95 bits per heavy atom. The molecular weight excluding hydrogens is 260 g/mol. The highest BCUT2D eigenvalue weighted by Crippen LogP contribution is 2.18. The van der Waals surface area contributed by atoms with Crippen molar-refractivity contribution < 1.29 is 0 Å². The van der Waals surface area contributed by atoms with Crippen LogP contribution >= 0.6 is 0 Å². The molecule has 0 saturated heterocycles. The van der Waals surface area contributed by atoms with Crippen LogP contribution in [0.3, 0.4) is 0 Å². The molecule has 1 aromatic rings. The highest BCUT2D eigenvalue weighted by atomic mass is 15.2. The molecule has 1 rings (SSSR count). The first-order valence-corrected chi connectivity index (χ1v) is 8.14. The number of anilines is 1. The van der Waals surface area contributed by atoms with Crippen LogP contribution in [0.1, 0.15) is 37.8 Å². The van der Waals surface area contributed by atoms with E-state index >= 15 is 0 Å². The predicted molar refractivity (Wildman–Crippen MR) is 92.0 cm³/mol. The quantitative estimate of drug-likeness (QED) is 0.672. The van der Waals surface area contributed by atoms with E-state index in [1.165, 1.54) is 24.0 Å². The molecule has 120 valence electrons. The van der Waals surface area contributed by atoms with Crippen molar-refractivity contribution in [3.8, 4) is 0 Å². The van der Waals surface area contributed by atoms with Crippen LogP contribution in [0.5, 0.6) is 0 Å². The van der Waals surface area contributed by atoms with E-state index in [2.05, 4.69) is 56.0 Å². The van der Waals surface area contributed by atoms with E-state index in [9.17, 15) is 0 Å². The zero-order valence-electron chi connectivity index (χ0n) is 14.4. The van der Waals surface area contributed by atoms with Gasteiger partial charge in [-0.15, -0.1) is 0 Å². The largest absolute Gasteiger partial charge is 0.357 e. The summed E-state index contributed by atoms with van der Waals surface area (Å²) >= 11 is 0. The van der Waals surface area contributed by atoms with Crippen molar-refractivity contribution in [3.63, 3.8) is 0 Å². The number of aromatic nitrogens is 1. The zero-order chi connectivity index (χ0) is 15.7. The smallest absolute Gasteiger partial charge is 0.131 e. The van der Waals surface area contributed by atoms with E-state index in [0.29, 0.717) is 0 Å². The van der Waals surface area contributed by atoms with Crippen LogP contribution in [0.25, 0.3) is 0 Å². The first-order valence-electron chi connectivity index (χ1n) is 8.14. The zero-order valence-corrected chi connectivity index (χ0v) is 14.4. The minimum atomic E-state index is 0.911. The Balaban J connectivity index is 2.63. The van der Waals surface area contributed by atoms with Gasteiger partial charge >= 0.3 is 0 Å². The average molecular weight is 292 g/mol. The maximum absolute atomic E-state index is 4.70. The third-order valence-electron chi connectivity index (χ3n) is 3.58. The number of nitrogens with zero attached hydrogens (tertiary/aromatic N) is 3. The van der Waals surface area contributed by atoms with Gasteiger partial charge in [0.2, 0.25) is 0 Å². The molecule has 1 N–H and O–H groups in total. The molecule has 0 unspecified atom stereocenters. The lowest BCUT2D eigenvalue weighted by molar-refractivity contribution is 0.400. The molecule has 0 fully saturated rings. The van der Waals surface area contributed by atoms with Crippen molar-refractivity contribution in [2.24, 2.45) is 0 Å². The van der Waals surface area contributed by atoms with Gasteiger partial charge in [-0.05, 0) is 71.1 Å². The number of hydrogen-bond donors (Lipinski definition) is 1. The molecule has 0 atom stereocenters. The summed E-state index contributed by atoms with van der Waals surface area (Å²) in [5.74, 6) is 1.13. The first-order chi connectivity index (χ1) is 10.1. The summed E-state index contributed by atoms with van der Waals surface area (Å²) in [6, 6.07) is 2.26. The second-order valence-corrected chi connectivity index (χ2v) is 5.90. The van der Waals surface area contributed by atoms with Gasteiger partial charge in [-0.2, -0.15) is 0 Å². The van der Waals surface area contributed by atoms with Crippen LogP contribution in [0.2, 0.25) is 0 Å². The Morgan fingerprint density at radius 1 is 1.19 bits per heavy atom. The van der Waals surface area contributed by atoms with Crippen molar-refractivity contribution >= 4 is 5.82 Å². The van der Waals surface area contributed by atoms with Gasteiger partial charge in [0.1, 0.15) is 5.82 Å². The molecule has 4 nitrogen and oxygen atoms in total. The van der Waals surface area contributed by atoms with Gasteiger partial charge in [0.05, 0.1) is 0 Å². The molecular formula is C17H32N4. The van der Waals surface area contributed by atoms with Crippen LogP contribution < -0.4 is 10.2 Å². The van der Waals surface area contributed by atoms with E-state index < -0.39 is 0 Å². The Hall–Kier alpha value is -1.13. The predicted octanol–water partition coefficient (Wildman–Crippen LogP) is 2.67. The third kappa shape index (κ3) is 6.44. The summed E-state index contributed by atoms with van der Waals surface area (Å²) in [6.45, 7) is 11.7. The molecule has 1 heterocycles. The van der Waals surface area contributed by atoms with Crippen molar-refractivity contribution in [1.29, 1.82) is 0 Å². The highest BCUT2D eigenvalue weighted by molar-refractivity contribution is 5.47. The lowest BCUT2D eigenvalue weighted by atomic mass is 10.2. The molecule has 0 aromatic carbocycles. The molecule has 0 amide bonds. The van der Waals surface area contributed by atoms with Gasteiger partial charge < -0.3 is 15.1 Å². The minimum absolute atomic E-state index is 0.911. The highest BCUT2D eigenvalue weighted by Gasteiger charge is 2.09. The van der Waals surface area contributed by atoms with E-state index in [0.717, 1.165) is 38.5 Å². The van der Waals surface area contributed by atoms with Crippen molar-refractivity contribution in [3.05, 3.63) is 23.4 Å². The summed E-state index contributed by atoms with van der Waals surface area (Å²) in [7, 11) is 4.25. The number of rotatable bonds is 10. The molecule has 0 radical (unpaired) electrons. The second-order valence-electron chi connectivity index (χ2n) is 5.90. The Labute approximate surface area is 130 Å². The number of pyridine rings is 1. The van der Waals surface area contributed by atoms with Gasteiger partial charge in [-0.3, -0.25) is 0 Å². The van der Waals surface area contributed by atoms with Crippen molar-refractivity contribution in [2.45, 2.75) is 40.2 Å². The lowest BCUT2D eigenvalue weighted by Gasteiger charge is -2.24. The van der Waals surface area contributed by atoms with Crippen molar-refractivity contribution in [1.82, 2.24) is 15.2 Å². The van der Waals surface area contributed by atoms with Gasteiger partial charge in [-0.25, -0.2) is 4.98 Å². The van der Waals surface area contributed by atoms with Gasteiger partial charge in [0.25, 0.3) is 0 Å². The van der Waals surface area contributed by atoms with Crippen LogP contribution in [0.4, 0.5) is 5.82 Å². The van der Waals surface area contributed by atoms with Gasteiger partial charge in [0.15, 0.2) is 0 Å². The fourth-order valence-corrected chi connectivity index (χ4v) is 2.45. The van der Waals surface area contributed by atoms with E-state index in [1.54, 1.807) is 0 Å². The van der Waals surface area contributed by atoms with Gasteiger partial charge in [0, 0.05) is 25.8 Å². The monoisotopic (exact) mass is 292 g/mol. The number of nitrogens with one attached hydrogen (secondary N) is 1. The van der Waals surface area contributed by atoms with Crippen LogP contribution in [0, 0.1) is 6.92 Å². The van der Waals surface area contributed by atoms with E-state index in [1.807, 2.05) is 6.20 Å². The molecule has 4 heteroatoms. The Kier molecular flexibility index (Phi) is 8.31. The van der Waals surface area contributed by atoms with E-state index in [4.69, 9.17) is 4.98 Å². The Morgan fingerprint density at radius 3 is 2.52 bits per heavy atom. The van der Waals surface area contributed by atoms with Crippen LogP contribution in [-0.4, -0.2) is 50.2 Å². The molecule has 0 aliphatic carbocycles. The standard InChI is InChI=1S/C17H32N4/c1-6-9-18-13-16-12-15(3)17(19-14-16)21(7-2)11-8-10-20(4)5/h12,14,18H,6-11,13H2,1-5H3. The molecule has 0 aliphatic rings. The molecule has 0 bridgehead atoms. The number of aryl methyl sites for hydroxylation is 1. The summed E-state index contributed by atoms with van der Waals surface area (Å²) in [6.07, 6.45) is 4.35. The maximum atomic E-state index is 4.70. The minimum Gasteiger partial charge on any atom is -0.357 e. The third-order valence-corrected chi connectivity index (χ3v) is 3.58. The normalized spacial score (nSPS) is 11.1. The fourth-order valence-electron chi connectivity index (χ4n) is 2.45. The number of hydrogen-bond acceptors (Lipinski definition) is 4. The first kappa shape index (κ1) is 17.9. The fraction of sp³-hybridized carbons (Fsp3) is 0.706. The summed E-state index contributed by atoms with van der Waals surface area (Å²) in [4.78, 5) is 9.31. The topological polar surface area (TPSA) is 31.4 Å². The summed E-state index contributed by atoms with van der Waals surface area (Å²) in [5.41, 5.74) is 2.55. The molecule has 1 aromatic heterocycles. The van der Waals surface area contributed by atoms with Gasteiger partial charge in [-0.1, -0.05) is 6.92 Å². The molecule has 0 aliphatic heterocycles. The van der Waals surface area contributed by atoms with Crippen LogP contribution in [-0.2, 0) is 6.54 Å². The van der Waals surface area contributed by atoms with Crippen LogP contribution in [0.15, 0.2) is 12.3 Å². The lowest BCUT2D eigenvalue weighted by Crippen LogP contribution is -2.28. The molecule has 21 heavy (non-hydrogen) atoms. The maximum Gasteiger partial charge on any atom is 0.131 e. The second kappa shape index (κ2) is 9.74. The van der Waals surface area contributed by atoms with Crippen molar-refractivity contribution in [2.75, 3.05) is 45.2 Å². The molecule has 0 saturated carbocycles. The summed E-state index contributed by atoms with van der Waals surface area (Å²) in [5, 5.41) is 3.43. The summed E-state index contributed by atoms with van der Waals surface area (Å²) < 4.78 is 0. The van der Waals surface area contributed by atoms with E-state index in [-0.39, 0.29) is 0 Å². The Bertz CT molecular complexity index is 404.